The Morgan fingerprint density at radius 3 is 2.21 bits per heavy atom. The molecule has 1 saturated heterocycles. The van der Waals surface area contributed by atoms with Gasteiger partial charge in [0.15, 0.2) is 0 Å². The Morgan fingerprint density at radius 1 is 0.875 bits per heavy atom. The number of likely N-dealkylation sites (N-methyl/N-ethyl adjacent to an activating group) is 1. The van der Waals surface area contributed by atoms with Gasteiger partial charge in [0.2, 0.25) is 5.95 Å². The first-order valence-corrected chi connectivity index (χ1v) is 17.3. The number of nitrogens with zero attached hydrogens (tertiary/aromatic N) is 5. The van der Waals surface area contributed by atoms with Gasteiger partial charge in [-0.2, -0.15) is 4.98 Å². The summed E-state index contributed by atoms with van der Waals surface area (Å²) in [6, 6.07) is 19.8. The fourth-order valence-corrected chi connectivity index (χ4v) is 5.83. The van der Waals surface area contributed by atoms with Crippen LogP contribution >= 0.6 is 0 Å². The normalized spacial score (nSPS) is 16.5. The minimum absolute atomic E-state index is 0.0797. The highest BCUT2D eigenvalue weighted by Gasteiger charge is 2.23. The lowest BCUT2D eigenvalue weighted by atomic mass is 10.0. The number of nitrogens with one attached hydrogen (secondary N) is 2. The van der Waals surface area contributed by atoms with Crippen LogP contribution in [0.1, 0.15) is 78.5 Å². The molecule has 0 bridgehead atoms. The molecule has 0 spiro atoms. The minimum Gasteiger partial charge on any atom is -0.383 e. The first-order valence-electron chi connectivity index (χ1n) is 17.3. The van der Waals surface area contributed by atoms with Gasteiger partial charge in [0, 0.05) is 73.5 Å². The van der Waals surface area contributed by atoms with Crippen LogP contribution in [0.2, 0.25) is 0 Å². The first-order chi connectivity index (χ1) is 23.5. The van der Waals surface area contributed by atoms with Crippen molar-refractivity contribution in [2.24, 2.45) is 0 Å². The molecule has 0 radical (unpaired) electrons. The third-order valence-electron chi connectivity index (χ3n) is 9.00. The number of rotatable bonds is 7. The van der Waals surface area contributed by atoms with E-state index in [1.807, 2.05) is 24.3 Å². The summed E-state index contributed by atoms with van der Waals surface area (Å²) in [4.78, 5) is 30.4. The van der Waals surface area contributed by atoms with Crippen LogP contribution in [0, 0.1) is 11.8 Å². The molecule has 48 heavy (non-hydrogen) atoms. The molecule has 3 heterocycles. The van der Waals surface area contributed by atoms with Crippen LogP contribution in [0.4, 0.5) is 17.5 Å². The molecular formula is C39H46N8O. The van der Waals surface area contributed by atoms with Crippen molar-refractivity contribution >= 4 is 23.4 Å². The number of amides is 1. The molecule has 9 heteroatoms. The molecule has 4 aromatic rings. The van der Waals surface area contributed by atoms with Gasteiger partial charge >= 0.3 is 0 Å². The summed E-state index contributed by atoms with van der Waals surface area (Å²) in [5.41, 5.74) is 12.2. The molecule has 2 saturated carbocycles. The molecule has 2 aromatic carbocycles. The SMILES string of the molecule is C1CCCCC1.CN1CCN(Cc2ccc(-c3cnc(Nc4ccc(C#Cc5cc(C(=O)NC6CC6)ccn5)cc4)nc3N)cc2)CC1. The number of carbonyl (C=O) groups excluding carboxylic acids is 1. The number of hydrogen-bond donors (Lipinski definition) is 3. The van der Waals surface area contributed by atoms with Crippen molar-refractivity contribution in [3.8, 4) is 23.0 Å². The number of hydrogen-bond acceptors (Lipinski definition) is 8. The second-order valence-electron chi connectivity index (χ2n) is 13.0. The standard InChI is InChI=1S/C33H34N8O.C6H12/c1-40-16-18-41(19-17-40)22-24-2-7-25(8-3-24)30-21-36-33(39-31(30)34)38-28-9-4-23(5-10-28)6-11-29-20-26(14-15-35-29)32(42)37-27-12-13-27;1-2-4-6-5-3-1/h2-5,7-10,14-15,20-21,27H,12-13,16-19,22H2,1H3,(H,37,42)(H3,34,36,38,39);1-6H2. The highest BCUT2D eigenvalue weighted by molar-refractivity contribution is 5.94. The average Bonchev–Trinajstić information content (AvgIpc) is 3.95. The van der Waals surface area contributed by atoms with Gasteiger partial charge < -0.3 is 21.3 Å². The van der Waals surface area contributed by atoms with Crippen LogP contribution < -0.4 is 16.4 Å². The molecule has 7 rings (SSSR count). The summed E-state index contributed by atoms with van der Waals surface area (Å²) in [5.74, 6) is 6.91. The number of aromatic nitrogens is 3. The Hall–Kier alpha value is -4.78. The fraction of sp³-hybridized carbons (Fsp3) is 0.385. The molecular weight excluding hydrogens is 596 g/mol. The number of piperazine rings is 1. The lowest BCUT2D eigenvalue weighted by Gasteiger charge is -2.32. The van der Waals surface area contributed by atoms with Crippen LogP contribution in [0.15, 0.2) is 73.1 Å². The van der Waals surface area contributed by atoms with Gasteiger partial charge in [0.25, 0.3) is 5.91 Å². The van der Waals surface area contributed by atoms with E-state index in [2.05, 4.69) is 78.5 Å². The van der Waals surface area contributed by atoms with Gasteiger partial charge in [0.05, 0.1) is 0 Å². The maximum absolute atomic E-state index is 12.3. The van der Waals surface area contributed by atoms with Gasteiger partial charge in [-0.25, -0.2) is 9.97 Å². The maximum Gasteiger partial charge on any atom is 0.251 e. The van der Waals surface area contributed by atoms with Crippen molar-refractivity contribution in [1.29, 1.82) is 0 Å². The Kier molecular flexibility index (Phi) is 11.3. The van der Waals surface area contributed by atoms with Crippen LogP contribution in [0.5, 0.6) is 0 Å². The number of benzene rings is 2. The van der Waals surface area contributed by atoms with Crippen molar-refractivity contribution < 1.29 is 4.79 Å². The highest BCUT2D eigenvalue weighted by atomic mass is 16.1. The largest absolute Gasteiger partial charge is 0.383 e. The second kappa shape index (κ2) is 16.4. The number of nitrogen functional groups attached to an aromatic ring is 1. The monoisotopic (exact) mass is 642 g/mol. The van der Waals surface area contributed by atoms with Crippen LogP contribution in [-0.4, -0.2) is 69.9 Å². The molecule has 3 aliphatic rings. The van der Waals surface area contributed by atoms with E-state index in [-0.39, 0.29) is 5.91 Å². The molecule has 1 aliphatic heterocycles. The summed E-state index contributed by atoms with van der Waals surface area (Å²) >= 11 is 0. The van der Waals surface area contributed by atoms with Gasteiger partial charge in [-0.1, -0.05) is 68.7 Å². The predicted octanol–water partition coefficient (Wildman–Crippen LogP) is 6.24. The first kappa shape index (κ1) is 33.1. The number of carbonyl (C=O) groups is 1. The smallest absolute Gasteiger partial charge is 0.251 e. The summed E-state index contributed by atoms with van der Waals surface area (Å²) in [7, 11) is 2.17. The van der Waals surface area contributed by atoms with E-state index in [1.54, 1.807) is 24.5 Å². The van der Waals surface area contributed by atoms with Gasteiger partial charge in [-0.15, -0.1) is 0 Å². The summed E-state index contributed by atoms with van der Waals surface area (Å²) < 4.78 is 0. The van der Waals surface area contributed by atoms with E-state index >= 15 is 0 Å². The number of nitrogens with two attached hydrogens (primary N) is 1. The second-order valence-corrected chi connectivity index (χ2v) is 13.0. The Bertz CT molecular complexity index is 1700. The van der Waals surface area contributed by atoms with Gasteiger partial charge in [-0.3, -0.25) is 9.69 Å². The summed E-state index contributed by atoms with van der Waals surface area (Å²) in [6.45, 7) is 5.37. The summed E-state index contributed by atoms with van der Waals surface area (Å²) in [6.07, 6.45) is 14.5. The Balaban J connectivity index is 0.000000604. The van der Waals surface area contributed by atoms with Crippen LogP contribution in [0.3, 0.4) is 0 Å². The van der Waals surface area contributed by atoms with Crippen molar-refractivity contribution in [2.75, 3.05) is 44.3 Å². The van der Waals surface area contributed by atoms with Gasteiger partial charge in [0.1, 0.15) is 11.5 Å². The molecule has 0 atom stereocenters. The average molecular weight is 643 g/mol. The number of anilines is 3. The zero-order valence-electron chi connectivity index (χ0n) is 27.9. The molecule has 2 aliphatic carbocycles. The van der Waals surface area contributed by atoms with Crippen molar-refractivity contribution in [3.05, 3.63) is 95.4 Å². The molecule has 2 aromatic heterocycles. The summed E-state index contributed by atoms with van der Waals surface area (Å²) in [5, 5.41) is 6.19. The van der Waals surface area contributed by atoms with E-state index in [0.29, 0.717) is 29.1 Å². The highest BCUT2D eigenvalue weighted by Crippen LogP contribution is 2.26. The van der Waals surface area contributed by atoms with E-state index in [1.165, 1.54) is 44.1 Å². The zero-order chi connectivity index (χ0) is 33.1. The van der Waals surface area contributed by atoms with E-state index in [0.717, 1.165) is 67.9 Å². The van der Waals surface area contributed by atoms with Gasteiger partial charge in [-0.05, 0) is 73.3 Å². The van der Waals surface area contributed by atoms with Crippen molar-refractivity contribution in [3.63, 3.8) is 0 Å². The quantitative estimate of drug-likeness (QED) is 0.203. The lowest BCUT2D eigenvalue weighted by Crippen LogP contribution is -2.43. The third-order valence-corrected chi connectivity index (χ3v) is 9.00. The Morgan fingerprint density at radius 2 is 1.56 bits per heavy atom. The Labute approximate surface area is 284 Å². The van der Waals surface area contributed by atoms with E-state index in [4.69, 9.17) is 5.73 Å². The predicted molar refractivity (Wildman–Crippen MR) is 193 cm³/mol. The van der Waals surface area contributed by atoms with Crippen LogP contribution in [-0.2, 0) is 6.54 Å². The molecule has 9 nitrogen and oxygen atoms in total. The van der Waals surface area contributed by atoms with E-state index in [9.17, 15) is 4.79 Å². The molecule has 1 amide bonds. The van der Waals surface area contributed by atoms with Crippen molar-refractivity contribution in [2.45, 2.75) is 64.0 Å². The maximum atomic E-state index is 12.3. The van der Waals surface area contributed by atoms with Crippen molar-refractivity contribution in [1.82, 2.24) is 30.1 Å². The number of pyridine rings is 1. The fourth-order valence-electron chi connectivity index (χ4n) is 5.83. The topological polar surface area (TPSA) is 112 Å². The molecule has 3 fully saturated rings. The lowest BCUT2D eigenvalue weighted by molar-refractivity contribution is 0.0951. The zero-order valence-corrected chi connectivity index (χ0v) is 27.9. The van der Waals surface area contributed by atoms with Crippen LogP contribution in [0.25, 0.3) is 11.1 Å². The third kappa shape index (κ3) is 9.86. The molecule has 4 N–H and O–H groups in total. The minimum atomic E-state index is -0.0797. The molecule has 248 valence electrons. The molecule has 0 unspecified atom stereocenters. The van der Waals surface area contributed by atoms with E-state index < -0.39 is 0 Å².